The van der Waals surface area contributed by atoms with Gasteiger partial charge in [0.1, 0.15) is 0 Å². The molecule has 0 atom stereocenters. The lowest BCUT2D eigenvalue weighted by Gasteiger charge is -2.32. The van der Waals surface area contributed by atoms with E-state index >= 15 is 0 Å². The highest BCUT2D eigenvalue weighted by Gasteiger charge is 2.30. The van der Waals surface area contributed by atoms with Gasteiger partial charge in [0.15, 0.2) is 0 Å². The third-order valence-electron chi connectivity index (χ3n) is 2.93. The van der Waals surface area contributed by atoms with Gasteiger partial charge in [-0.2, -0.15) is 4.79 Å². The summed E-state index contributed by atoms with van der Waals surface area (Å²) in [5, 5.41) is 0. The molecule has 1 aliphatic carbocycles. The Morgan fingerprint density at radius 2 is 2.00 bits per heavy atom. The van der Waals surface area contributed by atoms with E-state index in [1.807, 2.05) is 0 Å². The first-order chi connectivity index (χ1) is 6.05. The maximum Gasteiger partial charge on any atom is 0.323 e. The molecular weight excluding hydrogens is 164 g/mol. The standard InChI is InChI=1S/C10H16N2O/c1-10(2)5-3-8(4-6-10)9(13)7-12-11/h7-8H,3-6H2,1-2H3. The molecule has 0 N–H and O–H groups in total. The summed E-state index contributed by atoms with van der Waals surface area (Å²) in [6.45, 7) is 4.46. The van der Waals surface area contributed by atoms with Crippen LogP contribution in [0.2, 0.25) is 0 Å². The molecule has 1 aliphatic rings. The molecule has 13 heavy (non-hydrogen) atoms. The number of carbonyl (C=O) groups is 1. The van der Waals surface area contributed by atoms with Crippen LogP contribution < -0.4 is 0 Å². The van der Waals surface area contributed by atoms with E-state index in [0.29, 0.717) is 5.41 Å². The van der Waals surface area contributed by atoms with Crippen LogP contribution in [-0.2, 0) is 4.79 Å². The highest BCUT2D eigenvalue weighted by molar-refractivity contribution is 6.26. The van der Waals surface area contributed by atoms with Crippen LogP contribution in [-0.4, -0.2) is 16.8 Å². The lowest BCUT2D eigenvalue weighted by Crippen LogP contribution is -2.26. The zero-order valence-electron chi connectivity index (χ0n) is 8.29. The molecule has 1 saturated carbocycles. The van der Waals surface area contributed by atoms with E-state index in [2.05, 4.69) is 18.6 Å². The third-order valence-corrected chi connectivity index (χ3v) is 2.93. The first-order valence-corrected chi connectivity index (χ1v) is 4.76. The van der Waals surface area contributed by atoms with E-state index in [-0.39, 0.29) is 11.7 Å². The van der Waals surface area contributed by atoms with Crippen LogP contribution >= 0.6 is 0 Å². The zero-order valence-corrected chi connectivity index (χ0v) is 8.29. The summed E-state index contributed by atoms with van der Waals surface area (Å²) >= 11 is 0. The Labute approximate surface area is 78.8 Å². The second-order valence-electron chi connectivity index (χ2n) is 4.59. The third kappa shape index (κ3) is 2.78. The average Bonchev–Trinajstić information content (AvgIpc) is 2.04. The smallest absolute Gasteiger partial charge is 0.323 e. The largest absolute Gasteiger partial charge is 0.361 e. The van der Waals surface area contributed by atoms with Gasteiger partial charge < -0.3 is 5.53 Å². The minimum atomic E-state index is -0.0296. The van der Waals surface area contributed by atoms with Crippen molar-refractivity contribution in [3.8, 4) is 0 Å². The van der Waals surface area contributed by atoms with Crippen molar-refractivity contribution in [3.63, 3.8) is 0 Å². The molecule has 0 spiro atoms. The summed E-state index contributed by atoms with van der Waals surface area (Å²) in [7, 11) is 0. The molecule has 0 aromatic rings. The maximum atomic E-state index is 11.3. The van der Waals surface area contributed by atoms with Crippen LogP contribution in [0.15, 0.2) is 0 Å². The van der Waals surface area contributed by atoms with Crippen molar-refractivity contribution >= 4 is 12.0 Å². The Kier molecular flexibility index (Phi) is 2.99. The molecule has 0 bridgehead atoms. The van der Waals surface area contributed by atoms with Gasteiger partial charge in [0.25, 0.3) is 0 Å². The van der Waals surface area contributed by atoms with Crippen LogP contribution in [0.3, 0.4) is 0 Å². The number of hydrogen-bond donors (Lipinski definition) is 0. The monoisotopic (exact) mass is 180 g/mol. The first kappa shape index (κ1) is 10.1. The van der Waals surface area contributed by atoms with Crippen molar-refractivity contribution in [2.45, 2.75) is 39.5 Å². The molecular formula is C10H16N2O. The van der Waals surface area contributed by atoms with Crippen molar-refractivity contribution in [2.24, 2.45) is 11.3 Å². The summed E-state index contributed by atoms with van der Waals surface area (Å²) in [5.74, 6) is 0.0573. The SMILES string of the molecule is CC1(C)CCC(C(=O)C=[N+]=[N-])CC1. The fourth-order valence-corrected chi connectivity index (χ4v) is 1.85. The number of nitrogens with zero attached hydrogens (tertiary/aromatic N) is 2. The van der Waals surface area contributed by atoms with E-state index in [4.69, 9.17) is 5.53 Å². The molecule has 72 valence electrons. The predicted octanol–water partition coefficient (Wildman–Crippen LogP) is 2.07. The van der Waals surface area contributed by atoms with Crippen LogP contribution in [0.5, 0.6) is 0 Å². The average molecular weight is 180 g/mol. The molecule has 0 aromatic heterocycles. The molecule has 1 rings (SSSR count). The Morgan fingerprint density at radius 3 is 2.46 bits per heavy atom. The molecule has 0 aromatic carbocycles. The molecule has 0 radical (unpaired) electrons. The Balaban J connectivity index is 2.50. The maximum absolute atomic E-state index is 11.3. The summed E-state index contributed by atoms with van der Waals surface area (Å²) in [6.07, 6.45) is 5.06. The second-order valence-corrected chi connectivity index (χ2v) is 4.59. The summed E-state index contributed by atoms with van der Waals surface area (Å²) < 4.78 is 0. The summed E-state index contributed by atoms with van der Waals surface area (Å²) in [4.78, 5) is 14.1. The van der Waals surface area contributed by atoms with E-state index in [9.17, 15) is 4.79 Å². The normalized spacial score (nSPS) is 22.0. The molecule has 0 aliphatic heterocycles. The van der Waals surface area contributed by atoms with Gasteiger partial charge in [0.05, 0.1) is 0 Å². The molecule has 0 unspecified atom stereocenters. The number of Topliss-reactive ketones (excluding diaryl/α,β-unsaturated/α-hetero) is 1. The molecule has 0 saturated heterocycles. The lowest BCUT2D eigenvalue weighted by atomic mass is 9.72. The van der Waals surface area contributed by atoms with Crippen molar-refractivity contribution in [1.82, 2.24) is 0 Å². The Bertz CT molecular complexity index is 242. The van der Waals surface area contributed by atoms with E-state index in [0.717, 1.165) is 31.9 Å². The summed E-state index contributed by atoms with van der Waals surface area (Å²) in [5.41, 5.74) is 8.60. The minimum absolute atomic E-state index is 0.0296. The van der Waals surface area contributed by atoms with Crippen LogP contribution in [0.4, 0.5) is 0 Å². The molecule has 0 amide bonds. The van der Waals surface area contributed by atoms with Gasteiger partial charge in [-0.3, -0.25) is 4.79 Å². The van der Waals surface area contributed by atoms with E-state index < -0.39 is 0 Å². The number of rotatable bonds is 2. The van der Waals surface area contributed by atoms with Gasteiger partial charge in [-0.1, -0.05) is 13.8 Å². The molecule has 3 nitrogen and oxygen atoms in total. The number of hydrogen-bond acceptors (Lipinski definition) is 1. The van der Waals surface area contributed by atoms with E-state index in [1.165, 1.54) is 0 Å². The Morgan fingerprint density at radius 1 is 1.46 bits per heavy atom. The topological polar surface area (TPSA) is 53.5 Å². The van der Waals surface area contributed by atoms with Gasteiger partial charge in [-0.25, -0.2) is 0 Å². The number of ketones is 1. The van der Waals surface area contributed by atoms with Crippen molar-refractivity contribution < 1.29 is 9.58 Å². The van der Waals surface area contributed by atoms with Crippen LogP contribution in [0.1, 0.15) is 39.5 Å². The van der Waals surface area contributed by atoms with Crippen LogP contribution in [0, 0.1) is 11.3 Å². The minimum Gasteiger partial charge on any atom is -0.361 e. The lowest BCUT2D eigenvalue weighted by molar-refractivity contribution is -0.121. The molecule has 1 fully saturated rings. The van der Waals surface area contributed by atoms with Gasteiger partial charge in [0, 0.05) is 5.92 Å². The number of carbonyl (C=O) groups excluding carboxylic acids is 1. The van der Waals surface area contributed by atoms with Crippen molar-refractivity contribution in [3.05, 3.63) is 5.53 Å². The van der Waals surface area contributed by atoms with Gasteiger partial charge >= 0.3 is 6.21 Å². The molecule has 0 heterocycles. The fraction of sp³-hybridized carbons (Fsp3) is 0.800. The highest BCUT2D eigenvalue weighted by atomic mass is 16.1. The molecule has 3 heteroatoms. The van der Waals surface area contributed by atoms with Gasteiger partial charge in [0.2, 0.25) is 5.78 Å². The van der Waals surface area contributed by atoms with Gasteiger partial charge in [-0.05, 0) is 31.1 Å². The zero-order chi connectivity index (χ0) is 9.90. The Hall–Kier alpha value is -0.950. The quantitative estimate of drug-likeness (QED) is 0.364. The van der Waals surface area contributed by atoms with Gasteiger partial charge in [-0.15, -0.1) is 0 Å². The highest BCUT2D eigenvalue weighted by Crippen LogP contribution is 2.37. The van der Waals surface area contributed by atoms with Crippen molar-refractivity contribution in [1.29, 1.82) is 0 Å². The van der Waals surface area contributed by atoms with Crippen LogP contribution in [0.25, 0.3) is 5.53 Å². The first-order valence-electron chi connectivity index (χ1n) is 4.76. The van der Waals surface area contributed by atoms with Crippen molar-refractivity contribution in [2.75, 3.05) is 0 Å². The van der Waals surface area contributed by atoms with E-state index in [1.54, 1.807) is 0 Å². The predicted molar refractivity (Wildman–Crippen MR) is 50.4 cm³/mol. The fourth-order valence-electron chi connectivity index (χ4n) is 1.85. The summed E-state index contributed by atoms with van der Waals surface area (Å²) in [6, 6.07) is 0. The second kappa shape index (κ2) is 3.84.